The Bertz CT molecular complexity index is 817. The molecule has 0 spiro atoms. The van der Waals surface area contributed by atoms with Crippen molar-refractivity contribution in [1.29, 1.82) is 0 Å². The molecule has 0 radical (unpaired) electrons. The lowest BCUT2D eigenvalue weighted by Crippen LogP contribution is -2.45. The molecule has 1 fully saturated rings. The molecule has 1 aliphatic rings. The summed E-state index contributed by atoms with van der Waals surface area (Å²) in [6.45, 7) is 0. The number of rotatable bonds is 2. The number of benzene rings is 1. The highest BCUT2D eigenvalue weighted by molar-refractivity contribution is 8.23. The molecule has 2 N–H and O–H groups in total. The van der Waals surface area contributed by atoms with E-state index in [0.717, 1.165) is 0 Å². The molecule has 0 atom stereocenters. The third kappa shape index (κ3) is 2.67. The molecule has 2 aromatic rings. The Balaban J connectivity index is 1.93. The normalized spacial score (nSPS) is 14.8. The van der Waals surface area contributed by atoms with Crippen LogP contribution < -0.4 is 11.0 Å². The van der Waals surface area contributed by atoms with Crippen LogP contribution in [0.3, 0.4) is 0 Å². The molecule has 1 amide bonds. The average Bonchev–Trinajstić information content (AvgIpc) is 2.79. The number of carbonyl (C=O) groups is 1. The number of fused-ring (bicyclic) bond motifs is 1. The Morgan fingerprint density at radius 2 is 2.14 bits per heavy atom. The van der Waals surface area contributed by atoms with Gasteiger partial charge >= 0.3 is 0 Å². The molecule has 0 unspecified atom stereocenters. The van der Waals surface area contributed by atoms with Crippen LogP contribution in [0.2, 0.25) is 0 Å². The fourth-order valence-electron chi connectivity index (χ4n) is 1.81. The second-order valence-electron chi connectivity index (χ2n) is 4.16. The highest BCUT2D eigenvalue weighted by Crippen LogP contribution is 2.17. The second kappa shape index (κ2) is 5.51. The Kier molecular flexibility index (Phi) is 3.70. The van der Waals surface area contributed by atoms with Crippen LogP contribution in [0.15, 0.2) is 29.1 Å². The maximum atomic E-state index is 12.0. The molecule has 6 nitrogen and oxygen atoms in total. The SMILES string of the molecule is O=C1CSC(=S)N1NC(=S)c1nc2ccccc2c(=O)[nH]1. The Morgan fingerprint density at radius 1 is 1.38 bits per heavy atom. The van der Waals surface area contributed by atoms with E-state index in [-0.39, 0.29) is 28.0 Å². The molecular weight excluding hydrogens is 328 g/mol. The largest absolute Gasteiger partial charge is 0.304 e. The number of para-hydroxylation sites is 1. The van der Waals surface area contributed by atoms with Crippen molar-refractivity contribution in [3.05, 3.63) is 40.4 Å². The van der Waals surface area contributed by atoms with Crippen LogP contribution in [0.5, 0.6) is 0 Å². The van der Waals surface area contributed by atoms with E-state index in [1.807, 2.05) is 0 Å². The number of amides is 1. The van der Waals surface area contributed by atoms with E-state index in [0.29, 0.717) is 15.2 Å². The van der Waals surface area contributed by atoms with E-state index in [4.69, 9.17) is 24.4 Å². The summed E-state index contributed by atoms with van der Waals surface area (Å²) in [4.78, 5) is 30.6. The number of thiocarbonyl (C=S) groups is 2. The summed E-state index contributed by atoms with van der Waals surface area (Å²) in [6.07, 6.45) is 0. The molecule has 0 aliphatic carbocycles. The lowest BCUT2D eigenvalue weighted by molar-refractivity contribution is -0.125. The van der Waals surface area contributed by atoms with Gasteiger partial charge in [-0.2, -0.15) is 0 Å². The predicted molar refractivity (Wildman–Crippen MR) is 89.1 cm³/mol. The molecular formula is C12H8N4O2S3. The summed E-state index contributed by atoms with van der Waals surface area (Å²) in [6, 6.07) is 6.94. The number of aromatic nitrogens is 2. The molecule has 1 saturated heterocycles. The molecule has 3 rings (SSSR count). The van der Waals surface area contributed by atoms with E-state index in [9.17, 15) is 9.59 Å². The highest BCUT2D eigenvalue weighted by atomic mass is 32.2. The van der Waals surface area contributed by atoms with Crippen molar-refractivity contribution in [1.82, 2.24) is 20.4 Å². The quantitative estimate of drug-likeness (QED) is 0.791. The first-order valence-electron chi connectivity index (χ1n) is 5.86. The summed E-state index contributed by atoms with van der Waals surface area (Å²) >= 11 is 11.5. The first-order valence-corrected chi connectivity index (χ1v) is 7.66. The van der Waals surface area contributed by atoms with Gasteiger partial charge in [0.1, 0.15) is 0 Å². The van der Waals surface area contributed by atoms with Gasteiger partial charge in [-0.25, -0.2) is 9.99 Å². The first-order chi connectivity index (χ1) is 10.1. The lowest BCUT2D eigenvalue weighted by atomic mass is 10.2. The minimum absolute atomic E-state index is 0.135. The molecule has 0 saturated carbocycles. The van der Waals surface area contributed by atoms with E-state index in [2.05, 4.69) is 15.4 Å². The number of aromatic amines is 1. The number of thioether (sulfide) groups is 1. The molecule has 1 aromatic carbocycles. The van der Waals surface area contributed by atoms with Gasteiger partial charge in [0, 0.05) is 0 Å². The fourth-order valence-corrected chi connectivity index (χ4v) is 2.98. The Morgan fingerprint density at radius 3 is 2.86 bits per heavy atom. The molecule has 1 aromatic heterocycles. The Hall–Kier alpha value is -1.84. The Labute approximate surface area is 133 Å². The van der Waals surface area contributed by atoms with Crippen molar-refractivity contribution in [2.45, 2.75) is 0 Å². The van der Waals surface area contributed by atoms with Crippen LogP contribution in [0.4, 0.5) is 0 Å². The van der Waals surface area contributed by atoms with Gasteiger partial charge in [-0.1, -0.05) is 48.3 Å². The summed E-state index contributed by atoms with van der Waals surface area (Å²) in [5, 5.41) is 1.67. The fraction of sp³-hybridized carbons (Fsp3) is 0.0833. The van der Waals surface area contributed by atoms with Gasteiger partial charge in [0.25, 0.3) is 11.5 Å². The maximum Gasteiger partial charge on any atom is 0.259 e. The minimum atomic E-state index is -0.288. The zero-order valence-corrected chi connectivity index (χ0v) is 12.9. The van der Waals surface area contributed by atoms with Crippen LogP contribution in [0, 0.1) is 0 Å². The van der Waals surface area contributed by atoms with Gasteiger partial charge in [-0.15, -0.1) is 0 Å². The summed E-state index contributed by atoms with van der Waals surface area (Å²) < 4.78 is 0.394. The van der Waals surface area contributed by atoms with E-state index < -0.39 is 0 Å². The standard InChI is InChI=1S/C12H8N4O2S3/c17-8-5-21-12(20)16(8)15-11(19)9-13-7-4-2-1-3-6(7)10(18)14-9/h1-4H,5H2,(H,15,19)(H,13,14,18). The lowest BCUT2D eigenvalue weighted by Gasteiger charge is -2.17. The van der Waals surface area contributed by atoms with Crippen molar-refractivity contribution >= 4 is 62.3 Å². The van der Waals surface area contributed by atoms with Crippen molar-refractivity contribution in [2.24, 2.45) is 0 Å². The predicted octanol–water partition coefficient (Wildman–Crippen LogP) is 0.964. The second-order valence-corrected chi connectivity index (χ2v) is 6.17. The zero-order chi connectivity index (χ0) is 15.0. The summed E-state index contributed by atoms with van der Waals surface area (Å²) in [5.41, 5.74) is 2.95. The van der Waals surface area contributed by atoms with Crippen molar-refractivity contribution in [3.8, 4) is 0 Å². The van der Waals surface area contributed by atoms with Crippen LogP contribution in [0.25, 0.3) is 10.9 Å². The molecule has 106 valence electrons. The topological polar surface area (TPSA) is 78.1 Å². The van der Waals surface area contributed by atoms with Crippen LogP contribution >= 0.6 is 36.2 Å². The molecule has 2 heterocycles. The molecule has 0 bridgehead atoms. The van der Waals surface area contributed by atoms with Gasteiger partial charge in [0.2, 0.25) is 0 Å². The van der Waals surface area contributed by atoms with Gasteiger partial charge in [0.15, 0.2) is 15.1 Å². The third-order valence-corrected chi connectivity index (χ3v) is 4.43. The number of H-pyrrole nitrogens is 1. The monoisotopic (exact) mass is 336 g/mol. The molecule has 1 aliphatic heterocycles. The number of hydrazine groups is 1. The van der Waals surface area contributed by atoms with Crippen molar-refractivity contribution < 1.29 is 4.79 Å². The van der Waals surface area contributed by atoms with E-state index in [1.54, 1.807) is 24.3 Å². The molecule has 21 heavy (non-hydrogen) atoms. The van der Waals surface area contributed by atoms with Gasteiger partial charge < -0.3 is 4.98 Å². The van der Waals surface area contributed by atoms with Crippen molar-refractivity contribution in [2.75, 3.05) is 5.75 Å². The highest BCUT2D eigenvalue weighted by Gasteiger charge is 2.28. The average molecular weight is 336 g/mol. The number of hydrogen-bond donors (Lipinski definition) is 2. The first kappa shape index (κ1) is 14.1. The van der Waals surface area contributed by atoms with Gasteiger partial charge in [-0.05, 0) is 12.1 Å². The maximum absolute atomic E-state index is 12.0. The summed E-state index contributed by atoms with van der Waals surface area (Å²) in [7, 11) is 0. The van der Waals surface area contributed by atoms with Gasteiger partial charge in [-0.3, -0.25) is 15.0 Å². The van der Waals surface area contributed by atoms with E-state index in [1.165, 1.54) is 16.8 Å². The van der Waals surface area contributed by atoms with Crippen molar-refractivity contribution in [3.63, 3.8) is 0 Å². The van der Waals surface area contributed by atoms with Gasteiger partial charge in [0.05, 0.1) is 16.7 Å². The van der Waals surface area contributed by atoms with Crippen LogP contribution in [-0.2, 0) is 4.79 Å². The van der Waals surface area contributed by atoms with Crippen LogP contribution in [0.1, 0.15) is 5.82 Å². The summed E-state index contributed by atoms with van der Waals surface area (Å²) in [5.74, 6) is 0.285. The number of nitrogens with zero attached hydrogens (tertiary/aromatic N) is 2. The number of carbonyl (C=O) groups excluding carboxylic acids is 1. The number of nitrogens with one attached hydrogen (secondary N) is 2. The van der Waals surface area contributed by atoms with Crippen LogP contribution in [-0.4, -0.2) is 35.9 Å². The third-order valence-electron chi connectivity index (χ3n) is 2.79. The minimum Gasteiger partial charge on any atom is -0.304 e. The smallest absolute Gasteiger partial charge is 0.259 e. The number of hydrogen-bond acceptors (Lipinski definition) is 6. The van der Waals surface area contributed by atoms with E-state index >= 15 is 0 Å². The zero-order valence-electron chi connectivity index (χ0n) is 10.5. The molecule has 9 heteroatoms.